The number of ether oxygens (including phenoxy) is 4. The fourth-order valence-corrected chi connectivity index (χ4v) is 3.78. The van der Waals surface area contributed by atoms with E-state index in [2.05, 4.69) is 15.9 Å². The van der Waals surface area contributed by atoms with E-state index in [9.17, 15) is 0 Å². The molecule has 140 valence electrons. The third-order valence-corrected chi connectivity index (χ3v) is 5.16. The van der Waals surface area contributed by atoms with Crippen molar-refractivity contribution in [2.24, 2.45) is 0 Å². The highest BCUT2D eigenvalue weighted by molar-refractivity contribution is 5.59. The van der Waals surface area contributed by atoms with Crippen molar-refractivity contribution < 1.29 is 18.9 Å². The zero-order valence-corrected chi connectivity index (χ0v) is 15.7. The van der Waals surface area contributed by atoms with E-state index in [0.29, 0.717) is 5.75 Å². The first kappa shape index (κ1) is 18.3. The Balaban J connectivity index is 1.63. The van der Waals surface area contributed by atoms with Crippen LogP contribution in [0, 0.1) is 0 Å². The molecular weight excluding hydrogens is 320 g/mol. The second kappa shape index (κ2) is 8.74. The zero-order valence-electron chi connectivity index (χ0n) is 15.7. The first-order valence-corrected chi connectivity index (χ1v) is 9.10. The number of hydrogen-bond donors (Lipinski definition) is 0. The number of morpholine rings is 1. The van der Waals surface area contributed by atoms with Crippen LogP contribution in [0.4, 0.5) is 0 Å². The summed E-state index contributed by atoms with van der Waals surface area (Å²) < 4.78 is 22.1. The maximum atomic E-state index is 5.67. The van der Waals surface area contributed by atoms with Gasteiger partial charge in [-0.1, -0.05) is 0 Å². The van der Waals surface area contributed by atoms with E-state index in [1.165, 1.54) is 17.5 Å². The molecule has 25 heavy (non-hydrogen) atoms. The molecule has 0 N–H and O–H groups in total. The third kappa shape index (κ3) is 4.19. The van der Waals surface area contributed by atoms with E-state index in [1.54, 1.807) is 21.3 Å². The Morgan fingerprint density at radius 3 is 2.32 bits per heavy atom. The predicted octanol–water partition coefficient (Wildman–Crippen LogP) is 1.79. The molecule has 0 saturated carbocycles. The van der Waals surface area contributed by atoms with Crippen LogP contribution in [0.3, 0.4) is 0 Å². The summed E-state index contributed by atoms with van der Waals surface area (Å²) in [6, 6.07) is 2.10. The average Bonchev–Trinajstić information content (AvgIpc) is 2.67. The van der Waals surface area contributed by atoms with Crippen LogP contribution >= 0.6 is 0 Å². The molecule has 1 saturated heterocycles. The summed E-state index contributed by atoms with van der Waals surface area (Å²) in [4.78, 5) is 5.01. The summed E-state index contributed by atoms with van der Waals surface area (Å²) in [6.45, 7) is 8.11. The molecular formula is C19H30N2O4. The Labute approximate surface area is 150 Å². The highest BCUT2D eigenvalue weighted by atomic mass is 16.5. The molecule has 0 atom stereocenters. The highest BCUT2D eigenvalue weighted by Gasteiger charge is 2.25. The Morgan fingerprint density at radius 2 is 1.64 bits per heavy atom. The lowest BCUT2D eigenvalue weighted by atomic mass is 9.97. The minimum absolute atomic E-state index is 0.693. The van der Waals surface area contributed by atoms with Crippen molar-refractivity contribution in [3.63, 3.8) is 0 Å². The lowest BCUT2D eigenvalue weighted by molar-refractivity contribution is 0.0359. The quantitative estimate of drug-likeness (QED) is 0.747. The lowest BCUT2D eigenvalue weighted by Gasteiger charge is -2.32. The molecule has 2 heterocycles. The molecule has 2 aliphatic heterocycles. The van der Waals surface area contributed by atoms with Gasteiger partial charge in [-0.15, -0.1) is 0 Å². The molecule has 6 nitrogen and oxygen atoms in total. The van der Waals surface area contributed by atoms with Gasteiger partial charge in [-0.2, -0.15) is 0 Å². The van der Waals surface area contributed by atoms with Crippen LogP contribution in [-0.2, 0) is 17.7 Å². The summed E-state index contributed by atoms with van der Waals surface area (Å²) in [7, 11) is 5.04. The molecule has 6 heteroatoms. The molecule has 0 spiro atoms. The summed E-state index contributed by atoms with van der Waals surface area (Å²) in [5, 5.41) is 0. The van der Waals surface area contributed by atoms with Gasteiger partial charge in [0.25, 0.3) is 0 Å². The molecule has 0 amide bonds. The van der Waals surface area contributed by atoms with Gasteiger partial charge in [0.1, 0.15) is 0 Å². The van der Waals surface area contributed by atoms with Gasteiger partial charge in [-0.25, -0.2) is 0 Å². The lowest BCUT2D eigenvalue weighted by Crippen LogP contribution is -2.39. The Hall–Kier alpha value is -1.50. The van der Waals surface area contributed by atoms with E-state index in [0.717, 1.165) is 70.4 Å². The molecule has 0 radical (unpaired) electrons. The number of nitrogens with zero attached hydrogens (tertiary/aromatic N) is 2. The molecule has 2 aliphatic rings. The van der Waals surface area contributed by atoms with Gasteiger partial charge >= 0.3 is 0 Å². The van der Waals surface area contributed by atoms with Crippen LogP contribution in [0.25, 0.3) is 0 Å². The number of fused-ring (bicyclic) bond motifs is 1. The largest absolute Gasteiger partial charge is 0.493 e. The summed E-state index contributed by atoms with van der Waals surface area (Å²) in [5.41, 5.74) is 2.54. The van der Waals surface area contributed by atoms with Gasteiger partial charge in [-0.3, -0.25) is 9.80 Å². The van der Waals surface area contributed by atoms with Crippen LogP contribution < -0.4 is 14.2 Å². The van der Waals surface area contributed by atoms with E-state index < -0.39 is 0 Å². The van der Waals surface area contributed by atoms with Crippen LogP contribution in [0.5, 0.6) is 17.2 Å². The Bertz CT molecular complexity index is 573. The van der Waals surface area contributed by atoms with Crippen LogP contribution in [0.1, 0.15) is 17.5 Å². The van der Waals surface area contributed by atoms with Gasteiger partial charge in [0.15, 0.2) is 11.5 Å². The van der Waals surface area contributed by atoms with Gasteiger partial charge in [0.05, 0.1) is 34.5 Å². The number of benzene rings is 1. The van der Waals surface area contributed by atoms with Gasteiger partial charge < -0.3 is 18.9 Å². The van der Waals surface area contributed by atoms with Gasteiger partial charge in [-0.05, 0) is 37.6 Å². The molecule has 1 fully saturated rings. The first-order chi connectivity index (χ1) is 12.3. The predicted molar refractivity (Wildman–Crippen MR) is 97.0 cm³/mol. The van der Waals surface area contributed by atoms with Crippen LogP contribution in [-0.4, -0.2) is 77.1 Å². The Morgan fingerprint density at radius 1 is 0.920 bits per heavy atom. The number of rotatable bonds is 7. The molecule has 0 aliphatic carbocycles. The minimum atomic E-state index is 0.693. The molecule has 1 aromatic rings. The maximum absolute atomic E-state index is 5.67. The van der Waals surface area contributed by atoms with Crippen LogP contribution in [0.2, 0.25) is 0 Å². The van der Waals surface area contributed by atoms with E-state index >= 15 is 0 Å². The highest BCUT2D eigenvalue weighted by Crippen LogP contribution is 2.43. The maximum Gasteiger partial charge on any atom is 0.203 e. The van der Waals surface area contributed by atoms with E-state index in [4.69, 9.17) is 18.9 Å². The van der Waals surface area contributed by atoms with Gasteiger partial charge in [0, 0.05) is 31.7 Å². The summed E-state index contributed by atoms with van der Waals surface area (Å²) >= 11 is 0. The topological polar surface area (TPSA) is 43.4 Å². The summed E-state index contributed by atoms with van der Waals surface area (Å²) in [5.74, 6) is 2.26. The second-order valence-corrected chi connectivity index (χ2v) is 6.62. The molecule has 3 rings (SSSR count). The minimum Gasteiger partial charge on any atom is -0.493 e. The normalized spacial score (nSPS) is 18.7. The van der Waals surface area contributed by atoms with Crippen LogP contribution in [0.15, 0.2) is 6.07 Å². The molecule has 1 aromatic carbocycles. The average molecular weight is 350 g/mol. The van der Waals surface area contributed by atoms with Crippen molar-refractivity contribution in [1.29, 1.82) is 0 Å². The third-order valence-electron chi connectivity index (χ3n) is 5.16. The summed E-state index contributed by atoms with van der Waals surface area (Å²) in [6.07, 6.45) is 2.20. The van der Waals surface area contributed by atoms with Crippen molar-refractivity contribution in [2.45, 2.75) is 19.4 Å². The van der Waals surface area contributed by atoms with Crippen molar-refractivity contribution >= 4 is 0 Å². The van der Waals surface area contributed by atoms with E-state index in [-0.39, 0.29) is 0 Å². The van der Waals surface area contributed by atoms with Crippen molar-refractivity contribution in [3.05, 3.63) is 17.2 Å². The number of methoxy groups -OCH3 is 3. The van der Waals surface area contributed by atoms with E-state index in [1.807, 2.05) is 0 Å². The van der Waals surface area contributed by atoms with Crippen molar-refractivity contribution in [1.82, 2.24) is 9.80 Å². The fourth-order valence-electron chi connectivity index (χ4n) is 3.78. The molecule has 0 aromatic heterocycles. The van der Waals surface area contributed by atoms with Crippen molar-refractivity contribution in [3.8, 4) is 17.2 Å². The standard InChI is InChI=1S/C19H30N2O4/c1-22-17-13-15-5-8-21(7-4-6-20-9-11-25-12-10-20)14-16(15)18(23-2)19(17)24-3/h13H,4-12,14H2,1-3H3. The van der Waals surface area contributed by atoms with Gasteiger partial charge in [0.2, 0.25) is 5.75 Å². The zero-order chi connectivity index (χ0) is 17.6. The first-order valence-electron chi connectivity index (χ1n) is 9.10. The fraction of sp³-hybridized carbons (Fsp3) is 0.684. The SMILES string of the molecule is COc1cc2c(c(OC)c1OC)CN(CCCN1CCOCC1)CC2. The molecule has 0 unspecified atom stereocenters. The smallest absolute Gasteiger partial charge is 0.203 e. The monoisotopic (exact) mass is 350 g/mol. The molecule has 0 bridgehead atoms. The van der Waals surface area contributed by atoms with Crippen molar-refractivity contribution in [2.75, 3.05) is 67.3 Å². The second-order valence-electron chi connectivity index (χ2n) is 6.62. The Kier molecular flexibility index (Phi) is 6.39. The number of hydrogen-bond acceptors (Lipinski definition) is 6.